The highest BCUT2D eigenvalue weighted by atomic mass is 32.1. The van der Waals surface area contributed by atoms with Gasteiger partial charge in [-0.25, -0.2) is 4.98 Å². The number of aryl methyl sites for hydroxylation is 1. The van der Waals surface area contributed by atoms with Crippen LogP contribution in [0.15, 0.2) is 48.5 Å². The van der Waals surface area contributed by atoms with Gasteiger partial charge < -0.3 is 10.6 Å². The molecular formula is C13H13N3S. The van der Waals surface area contributed by atoms with Gasteiger partial charge in [-0.1, -0.05) is 24.3 Å². The number of nitrogens with zero attached hydrogens (tertiary/aromatic N) is 1. The molecule has 17 heavy (non-hydrogen) atoms. The van der Waals surface area contributed by atoms with Crippen molar-refractivity contribution < 1.29 is 0 Å². The van der Waals surface area contributed by atoms with Gasteiger partial charge in [-0.15, -0.1) is 0 Å². The maximum absolute atomic E-state index is 5.20. The third-order valence-corrected chi connectivity index (χ3v) is 2.37. The van der Waals surface area contributed by atoms with Crippen molar-refractivity contribution in [3.05, 3.63) is 54.2 Å². The number of anilines is 2. The summed E-state index contributed by atoms with van der Waals surface area (Å²) in [6.07, 6.45) is 0. The second kappa shape index (κ2) is 5.41. The fourth-order valence-electron chi connectivity index (χ4n) is 1.41. The van der Waals surface area contributed by atoms with Gasteiger partial charge in [0.1, 0.15) is 5.82 Å². The summed E-state index contributed by atoms with van der Waals surface area (Å²) in [4.78, 5) is 4.32. The van der Waals surface area contributed by atoms with E-state index < -0.39 is 0 Å². The monoisotopic (exact) mass is 243 g/mol. The van der Waals surface area contributed by atoms with Gasteiger partial charge in [0, 0.05) is 11.4 Å². The number of hydrogen-bond donors (Lipinski definition) is 2. The van der Waals surface area contributed by atoms with Crippen LogP contribution in [0.3, 0.4) is 0 Å². The van der Waals surface area contributed by atoms with Crippen molar-refractivity contribution in [2.75, 3.05) is 10.6 Å². The van der Waals surface area contributed by atoms with E-state index in [2.05, 4.69) is 15.6 Å². The van der Waals surface area contributed by atoms with Crippen LogP contribution in [0.1, 0.15) is 5.69 Å². The van der Waals surface area contributed by atoms with E-state index >= 15 is 0 Å². The van der Waals surface area contributed by atoms with Gasteiger partial charge >= 0.3 is 0 Å². The van der Waals surface area contributed by atoms with Crippen LogP contribution in [-0.2, 0) is 0 Å². The van der Waals surface area contributed by atoms with E-state index in [1.807, 2.05) is 55.5 Å². The predicted molar refractivity (Wildman–Crippen MR) is 75.3 cm³/mol. The molecule has 1 aromatic carbocycles. The summed E-state index contributed by atoms with van der Waals surface area (Å²) in [5, 5.41) is 6.67. The zero-order valence-electron chi connectivity index (χ0n) is 9.47. The van der Waals surface area contributed by atoms with Gasteiger partial charge in [-0.3, -0.25) is 0 Å². The topological polar surface area (TPSA) is 37.0 Å². The molecule has 1 heterocycles. The highest BCUT2D eigenvalue weighted by molar-refractivity contribution is 7.80. The first-order valence-electron chi connectivity index (χ1n) is 5.31. The largest absolute Gasteiger partial charge is 0.332 e. The van der Waals surface area contributed by atoms with Crippen molar-refractivity contribution in [3.63, 3.8) is 0 Å². The zero-order valence-corrected chi connectivity index (χ0v) is 10.3. The van der Waals surface area contributed by atoms with Crippen molar-refractivity contribution >= 4 is 28.8 Å². The van der Waals surface area contributed by atoms with Crippen LogP contribution in [0.4, 0.5) is 11.5 Å². The van der Waals surface area contributed by atoms with E-state index in [0.717, 1.165) is 17.2 Å². The van der Waals surface area contributed by atoms with Gasteiger partial charge in [0.15, 0.2) is 5.11 Å². The molecule has 0 saturated heterocycles. The van der Waals surface area contributed by atoms with Gasteiger partial charge in [0.05, 0.1) is 0 Å². The molecule has 0 unspecified atom stereocenters. The number of thiocarbonyl (C=S) groups is 1. The van der Waals surface area contributed by atoms with Crippen LogP contribution in [0, 0.1) is 6.92 Å². The van der Waals surface area contributed by atoms with E-state index in [1.165, 1.54) is 0 Å². The lowest BCUT2D eigenvalue weighted by Crippen LogP contribution is -2.19. The van der Waals surface area contributed by atoms with Crippen molar-refractivity contribution in [2.45, 2.75) is 6.92 Å². The maximum atomic E-state index is 5.20. The predicted octanol–water partition coefficient (Wildman–Crippen LogP) is 3.20. The van der Waals surface area contributed by atoms with Crippen LogP contribution in [0.2, 0.25) is 0 Å². The Morgan fingerprint density at radius 2 is 1.76 bits per heavy atom. The average molecular weight is 243 g/mol. The summed E-state index contributed by atoms with van der Waals surface area (Å²) < 4.78 is 0. The molecule has 2 rings (SSSR count). The summed E-state index contributed by atoms with van der Waals surface area (Å²) in [7, 11) is 0. The van der Waals surface area contributed by atoms with Crippen LogP contribution >= 0.6 is 12.2 Å². The molecule has 0 aliphatic heterocycles. The molecule has 0 atom stereocenters. The van der Waals surface area contributed by atoms with Gasteiger partial charge in [-0.05, 0) is 43.4 Å². The summed E-state index contributed by atoms with van der Waals surface area (Å²) in [5.41, 5.74) is 1.91. The van der Waals surface area contributed by atoms with Crippen molar-refractivity contribution in [1.29, 1.82) is 0 Å². The normalized spacial score (nSPS) is 9.71. The molecule has 0 fully saturated rings. The Morgan fingerprint density at radius 1 is 1.00 bits per heavy atom. The molecule has 0 saturated carbocycles. The number of nitrogens with one attached hydrogen (secondary N) is 2. The minimum Gasteiger partial charge on any atom is -0.332 e. The third kappa shape index (κ3) is 3.53. The SMILES string of the molecule is Cc1cccc(NC(=S)Nc2ccccc2)n1. The fraction of sp³-hybridized carbons (Fsp3) is 0.0769. The van der Waals surface area contributed by atoms with Crippen LogP contribution in [0.25, 0.3) is 0 Å². The second-order valence-corrected chi connectivity index (χ2v) is 4.02. The third-order valence-electron chi connectivity index (χ3n) is 2.16. The average Bonchev–Trinajstić information content (AvgIpc) is 2.30. The zero-order chi connectivity index (χ0) is 12.1. The van der Waals surface area contributed by atoms with E-state index in [4.69, 9.17) is 12.2 Å². The van der Waals surface area contributed by atoms with E-state index in [9.17, 15) is 0 Å². The molecule has 2 N–H and O–H groups in total. The summed E-state index contributed by atoms with van der Waals surface area (Å²) >= 11 is 5.20. The molecule has 0 bridgehead atoms. The summed E-state index contributed by atoms with van der Waals surface area (Å²) in [6.45, 7) is 1.94. The Kier molecular flexibility index (Phi) is 3.67. The van der Waals surface area contributed by atoms with Crippen LogP contribution in [-0.4, -0.2) is 10.1 Å². The number of hydrogen-bond acceptors (Lipinski definition) is 2. The first kappa shape index (κ1) is 11.5. The van der Waals surface area contributed by atoms with Crippen molar-refractivity contribution in [1.82, 2.24) is 4.98 Å². The molecule has 0 aliphatic rings. The molecule has 1 aromatic heterocycles. The number of para-hydroxylation sites is 1. The Balaban J connectivity index is 1.98. The molecule has 2 aromatic rings. The van der Waals surface area contributed by atoms with Crippen LogP contribution < -0.4 is 10.6 Å². The lowest BCUT2D eigenvalue weighted by atomic mass is 10.3. The summed E-state index contributed by atoms with van der Waals surface area (Å²) in [5.74, 6) is 0.749. The van der Waals surface area contributed by atoms with Crippen molar-refractivity contribution in [3.8, 4) is 0 Å². The Hall–Kier alpha value is -1.94. The number of rotatable bonds is 2. The lowest BCUT2D eigenvalue weighted by Gasteiger charge is -2.09. The molecule has 4 heteroatoms. The minimum absolute atomic E-state index is 0.536. The molecule has 0 amide bonds. The Labute approximate surface area is 106 Å². The minimum atomic E-state index is 0.536. The molecule has 3 nitrogen and oxygen atoms in total. The second-order valence-electron chi connectivity index (χ2n) is 3.61. The number of aromatic nitrogens is 1. The Morgan fingerprint density at radius 3 is 2.47 bits per heavy atom. The number of pyridine rings is 1. The molecule has 0 spiro atoms. The standard InChI is InChI=1S/C13H13N3S/c1-10-6-5-9-12(14-10)16-13(17)15-11-7-3-2-4-8-11/h2-9H,1H3,(H2,14,15,16,17). The molecule has 86 valence electrons. The highest BCUT2D eigenvalue weighted by Crippen LogP contribution is 2.07. The Bertz CT molecular complexity index is 511. The van der Waals surface area contributed by atoms with Crippen molar-refractivity contribution in [2.24, 2.45) is 0 Å². The summed E-state index contributed by atoms with van der Waals surface area (Å²) in [6, 6.07) is 15.5. The smallest absolute Gasteiger partial charge is 0.176 e. The van der Waals surface area contributed by atoms with E-state index in [-0.39, 0.29) is 0 Å². The van der Waals surface area contributed by atoms with Gasteiger partial charge in [-0.2, -0.15) is 0 Å². The van der Waals surface area contributed by atoms with Gasteiger partial charge in [0.2, 0.25) is 0 Å². The van der Waals surface area contributed by atoms with Crippen LogP contribution in [0.5, 0.6) is 0 Å². The highest BCUT2D eigenvalue weighted by Gasteiger charge is 1.99. The fourth-order valence-corrected chi connectivity index (χ4v) is 1.64. The quantitative estimate of drug-likeness (QED) is 0.794. The maximum Gasteiger partial charge on any atom is 0.176 e. The first-order chi connectivity index (χ1) is 8.24. The first-order valence-corrected chi connectivity index (χ1v) is 5.71. The molecule has 0 radical (unpaired) electrons. The van der Waals surface area contributed by atoms with E-state index in [1.54, 1.807) is 0 Å². The van der Waals surface area contributed by atoms with E-state index in [0.29, 0.717) is 5.11 Å². The lowest BCUT2D eigenvalue weighted by molar-refractivity contribution is 1.21. The molecule has 0 aliphatic carbocycles. The number of benzene rings is 1. The molecular weight excluding hydrogens is 230 g/mol. The van der Waals surface area contributed by atoms with Gasteiger partial charge in [0.25, 0.3) is 0 Å².